The summed E-state index contributed by atoms with van der Waals surface area (Å²) in [6.45, 7) is 4.38. The molecular formula is C23H27N3O6. The molecule has 0 spiro atoms. The van der Waals surface area contributed by atoms with Gasteiger partial charge in [-0.15, -0.1) is 0 Å². The molecule has 32 heavy (non-hydrogen) atoms. The van der Waals surface area contributed by atoms with Crippen LogP contribution < -0.4 is 0 Å². The summed E-state index contributed by atoms with van der Waals surface area (Å²) in [6.07, 6.45) is 1.69. The summed E-state index contributed by atoms with van der Waals surface area (Å²) in [5.74, 6) is -3.76. The number of carbonyl (C=O) groups excluding carboxylic acids is 4. The van der Waals surface area contributed by atoms with Gasteiger partial charge in [-0.3, -0.25) is 38.7 Å². The number of carbonyl (C=O) groups is 5. The summed E-state index contributed by atoms with van der Waals surface area (Å²) in [5, 5.41) is 10.2. The van der Waals surface area contributed by atoms with Gasteiger partial charge in [0.25, 0.3) is 17.7 Å². The number of fused-ring (bicyclic) bond motifs is 1. The molecule has 0 aliphatic carbocycles. The second-order valence-corrected chi connectivity index (χ2v) is 8.98. The lowest BCUT2D eigenvalue weighted by molar-refractivity contribution is -0.163. The van der Waals surface area contributed by atoms with E-state index in [9.17, 15) is 29.1 Å². The van der Waals surface area contributed by atoms with E-state index in [1.165, 1.54) is 12.1 Å². The zero-order chi connectivity index (χ0) is 23.2. The molecule has 2 atom stereocenters. The molecule has 4 rings (SSSR count). The Bertz CT molecular complexity index is 964. The van der Waals surface area contributed by atoms with Gasteiger partial charge in [-0.25, -0.2) is 0 Å². The largest absolute Gasteiger partial charge is 0.480 e. The van der Waals surface area contributed by atoms with Crippen molar-refractivity contribution in [2.75, 3.05) is 19.6 Å². The number of hydrogen-bond donors (Lipinski definition) is 1. The summed E-state index contributed by atoms with van der Waals surface area (Å²) in [7, 11) is 0. The molecule has 1 aromatic rings. The van der Waals surface area contributed by atoms with Gasteiger partial charge in [0.2, 0.25) is 5.91 Å². The molecule has 4 amide bonds. The van der Waals surface area contributed by atoms with Gasteiger partial charge in [0, 0.05) is 6.42 Å². The van der Waals surface area contributed by atoms with Crippen molar-refractivity contribution in [2.24, 2.45) is 5.92 Å². The third-order valence-electron chi connectivity index (χ3n) is 7.02. The lowest BCUT2D eigenvalue weighted by Gasteiger charge is -2.45. The molecule has 3 aliphatic rings. The smallest absolute Gasteiger partial charge is 0.326 e. The molecule has 0 bridgehead atoms. The van der Waals surface area contributed by atoms with E-state index in [1.807, 2.05) is 4.90 Å². The van der Waals surface area contributed by atoms with Gasteiger partial charge < -0.3 is 5.11 Å². The Kier molecular flexibility index (Phi) is 5.62. The first-order valence-electron chi connectivity index (χ1n) is 11.0. The molecule has 0 saturated carbocycles. The normalized spacial score (nSPS) is 23.8. The molecule has 2 fully saturated rings. The van der Waals surface area contributed by atoms with Crippen LogP contribution in [0, 0.1) is 5.92 Å². The molecule has 1 N–H and O–H groups in total. The highest BCUT2D eigenvalue weighted by Gasteiger charge is 2.53. The number of aliphatic carboxylic acids is 1. The van der Waals surface area contributed by atoms with E-state index >= 15 is 0 Å². The Morgan fingerprint density at radius 1 is 1.06 bits per heavy atom. The topological polar surface area (TPSA) is 115 Å². The number of hydrogen-bond acceptors (Lipinski definition) is 6. The predicted molar refractivity (Wildman–Crippen MR) is 113 cm³/mol. The number of rotatable bonds is 6. The van der Waals surface area contributed by atoms with E-state index in [4.69, 9.17) is 0 Å². The fraction of sp³-hybridized carbons (Fsp3) is 0.522. The van der Waals surface area contributed by atoms with Crippen molar-refractivity contribution in [1.29, 1.82) is 0 Å². The van der Waals surface area contributed by atoms with Gasteiger partial charge in [0.1, 0.15) is 11.6 Å². The highest BCUT2D eigenvalue weighted by atomic mass is 16.4. The van der Waals surface area contributed by atoms with Gasteiger partial charge >= 0.3 is 5.97 Å². The van der Waals surface area contributed by atoms with Crippen molar-refractivity contribution >= 4 is 29.6 Å². The van der Waals surface area contributed by atoms with Crippen molar-refractivity contribution < 1.29 is 29.1 Å². The summed E-state index contributed by atoms with van der Waals surface area (Å²) in [5.41, 5.74) is -0.966. The Labute approximate surface area is 185 Å². The minimum absolute atomic E-state index is 0.0328. The number of carboxylic acids is 1. The number of benzene rings is 1. The van der Waals surface area contributed by atoms with E-state index < -0.39 is 41.2 Å². The molecule has 0 radical (unpaired) electrons. The average molecular weight is 441 g/mol. The summed E-state index contributed by atoms with van der Waals surface area (Å²) < 4.78 is 0. The van der Waals surface area contributed by atoms with Gasteiger partial charge in [-0.05, 0) is 50.4 Å². The van der Waals surface area contributed by atoms with E-state index in [0.29, 0.717) is 13.1 Å². The van der Waals surface area contributed by atoms with E-state index in [1.54, 1.807) is 26.0 Å². The van der Waals surface area contributed by atoms with E-state index in [0.717, 1.165) is 22.6 Å². The third-order valence-corrected chi connectivity index (χ3v) is 7.02. The van der Waals surface area contributed by atoms with Gasteiger partial charge in [0.05, 0.1) is 17.7 Å². The highest BCUT2D eigenvalue weighted by Crippen LogP contribution is 2.34. The molecule has 2 saturated heterocycles. The first kappa shape index (κ1) is 22.1. The van der Waals surface area contributed by atoms with E-state index in [-0.39, 0.29) is 36.4 Å². The number of likely N-dealkylation sites (tertiary alicyclic amines) is 2. The quantitative estimate of drug-likeness (QED) is 0.663. The van der Waals surface area contributed by atoms with Gasteiger partial charge in [-0.1, -0.05) is 26.0 Å². The number of carboxylic acid groups (broad SMARTS) is 1. The fourth-order valence-electron chi connectivity index (χ4n) is 5.17. The maximum atomic E-state index is 13.5. The lowest BCUT2D eigenvalue weighted by atomic mass is 9.83. The average Bonchev–Trinajstić information content (AvgIpc) is 3.37. The van der Waals surface area contributed by atoms with Crippen LogP contribution in [0.15, 0.2) is 24.3 Å². The Hall–Kier alpha value is -3.07. The maximum absolute atomic E-state index is 13.5. The van der Waals surface area contributed by atoms with Crippen LogP contribution in [-0.4, -0.2) is 80.6 Å². The van der Waals surface area contributed by atoms with Crippen LogP contribution >= 0.6 is 0 Å². The summed E-state index contributed by atoms with van der Waals surface area (Å²) in [4.78, 5) is 68.3. The van der Waals surface area contributed by atoms with Crippen LogP contribution in [0.2, 0.25) is 0 Å². The second kappa shape index (κ2) is 8.12. The predicted octanol–water partition coefficient (Wildman–Crippen LogP) is 1.38. The number of piperidine rings is 1. The van der Waals surface area contributed by atoms with Crippen LogP contribution in [0.25, 0.3) is 0 Å². The number of amides is 4. The van der Waals surface area contributed by atoms with Crippen molar-refractivity contribution in [1.82, 2.24) is 14.7 Å². The van der Waals surface area contributed by atoms with Crippen molar-refractivity contribution in [2.45, 2.75) is 51.1 Å². The SMILES string of the molecule is CC(C)[C@](CN1C(=O)CCC(N2C(=O)c3ccccc3C2=O)C1=O)(C(=O)O)N1CCCC1. The molecule has 3 aliphatic heterocycles. The first-order chi connectivity index (χ1) is 15.2. The molecule has 3 heterocycles. The first-order valence-corrected chi connectivity index (χ1v) is 11.0. The van der Waals surface area contributed by atoms with Crippen LogP contribution in [0.3, 0.4) is 0 Å². The standard InChI is InChI=1S/C23H27N3O6/c1-14(2)23(22(31)32,24-11-5-6-12-24)13-25-18(27)10-9-17(21(25)30)26-19(28)15-7-3-4-8-16(15)20(26)29/h3-4,7-8,14,17H,5-6,9-13H2,1-2H3,(H,31,32)/t17?,23-/m1/s1. The van der Waals surface area contributed by atoms with Crippen molar-refractivity contribution in [3.05, 3.63) is 35.4 Å². The van der Waals surface area contributed by atoms with Crippen molar-refractivity contribution in [3.8, 4) is 0 Å². The van der Waals surface area contributed by atoms with Crippen molar-refractivity contribution in [3.63, 3.8) is 0 Å². The van der Waals surface area contributed by atoms with Gasteiger partial charge in [-0.2, -0.15) is 0 Å². The van der Waals surface area contributed by atoms with Crippen LogP contribution in [0.5, 0.6) is 0 Å². The lowest BCUT2D eigenvalue weighted by Crippen LogP contribution is -2.67. The molecule has 0 aromatic heterocycles. The summed E-state index contributed by atoms with van der Waals surface area (Å²) in [6, 6.07) is 5.23. The maximum Gasteiger partial charge on any atom is 0.326 e. The molecule has 9 heteroatoms. The Balaban J connectivity index is 1.66. The molecular weight excluding hydrogens is 414 g/mol. The molecule has 1 unspecified atom stereocenters. The zero-order valence-electron chi connectivity index (χ0n) is 18.2. The minimum Gasteiger partial charge on any atom is -0.480 e. The van der Waals surface area contributed by atoms with E-state index in [2.05, 4.69) is 0 Å². The van der Waals surface area contributed by atoms with Crippen LogP contribution in [-0.2, 0) is 14.4 Å². The second-order valence-electron chi connectivity index (χ2n) is 8.98. The monoisotopic (exact) mass is 441 g/mol. The molecule has 170 valence electrons. The Morgan fingerprint density at radius 3 is 2.12 bits per heavy atom. The summed E-state index contributed by atoms with van der Waals surface area (Å²) >= 11 is 0. The third kappa shape index (κ3) is 3.23. The fourth-order valence-corrected chi connectivity index (χ4v) is 5.17. The minimum atomic E-state index is -1.42. The number of nitrogens with zero attached hydrogens (tertiary/aromatic N) is 3. The highest BCUT2D eigenvalue weighted by molar-refractivity contribution is 6.23. The van der Waals surface area contributed by atoms with Crippen LogP contribution in [0.1, 0.15) is 60.2 Å². The zero-order valence-corrected chi connectivity index (χ0v) is 18.2. The Morgan fingerprint density at radius 2 is 1.62 bits per heavy atom. The van der Waals surface area contributed by atoms with Crippen LogP contribution in [0.4, 0.5) is 0 Å². The van der Waals surface area contributed by atoms with Gasteiger partial charge in [0.15, 0.2) is 0 Å². The number of imide groups is 2. The molecule has 9 nitrogen and oxygen atoms in total. The molecule has 1 aromatic carbocycles.